The molecule has 0 saturated carbocycles. The first kappa shape index (κ1) is 16.2. The molecule has 0 spiro atoms. The van der Waals surface area contributed by atoms with E-state index < -0.39 is 12.0 Å². The van der Waals surface area contributed by atoms with E-state index in [1.165, 1.54) is 20.5 Å². The van der Waals surface area contributed by atoms with Gasteiger partial charge in [-0.3, -0.25) is 4.79 Å². The predicted octanol–water partition coefficient (Wildman–Crippen LogP) is 1.74. The molecule has 0 fully saturated rings. The van der Waals surface area contributed by atoms with Crippen molar-refractivity contribution < 1.29 is 23.5 Å². The molecule has 20 heavy (non-hydrogen) atoms. The molecular weight excluding hydrogens is 262 g/mol. The van der Waals surface area contributed by atoms with E-state index in [4.69, 9.17) is 9.15 Å². The fourth-order valence-electron chi connectivity index (χ4n) is 1.86. The number of carbonyl (C=O) groups excluding carboxylic acids is 2. The highest BCUT2D eigenvalue weighted by molar-refractivity contribution is 5.87. The molecule has 112 valence electrons. The summed E-state index contributed by atoms with van der Waals surface area (Å²) in [6.07, 6.45) is 2.07. The van der Waals surface area contributed by atoms with Gasteiger partial charge >= 0.3 is 11.9 Å². The van der Waals surface area contributed by atoms with E-state index in [2.05, 4.69) is 10.1 Å². The van der Waals surface area contributed by atoms with Gasteiger partial charge in [0.15, 0.2) is 0 Å². The summed E-state index contributed by atoms with van der Waals surface area (Å²) < 4.78 is 14.5. The lowest BCUT2D eigenvalue weighted by Crippen LogP contribution is -2.38. The quantitative estimate of drug-likeness (QED) is 0.768. The summed E-state index contributed by atoms with van der Waals surface area (Å²) in [7, 11) is 2.65. The molecule has 1 unspecified atom stereocenters. The summed E-state index contributed by atoms with van der Waals surface area (Å²) in [5, 5.41) is 3.08. The van der Waals surface area contributed by atoms with Gasteiger partial charge in [0.2, 0.25) is 5.76 Å². The number of hydrogen-bond donors (Lipinski definition) is 1. The standard InChI is InChI=1S/C14H21NO5/c1-9(2)7-11(13(16)18-3)15-8-10-5-6-20-12(10)14(17)19-4/h5-6,9,11,15H,7-8H2,1-4H3. The van der Waals surface area contributed by atoms with E-state index in [-0.39, 0.29) is 11.7 Å². The molecule has 0 amide bonds. The second-order valence-corrected chi connectivity index (χ2v) is 4.85. The van der Waals surface area contributed by atoms with Crippen molar-refractivity contribution >= 4 is 11.9 Å². The minimum atomic E-state index is -0.537. The number of methoxy groups -OCH3 is 2. The lowest BCUT2D eigenvalue weighted by Gasteiger charge is -2.18. The van der Waals surface area contributed by atoms with Gasteiger partial charge in [-0.1, -0.05) is 13.8 Å². The van der Waals surface area contributed by atoms with Crippen LogP contribution < -0.4 is 5.32 Å². The van der Waals surface area contributed by atoms with Gasteiger partial charge in [-0.05, 0) is 18.4 Å². The van der Waals surface area contributed by atoms with Crippen molar-refractivity contribution in [3.05, 3.63) is 23.7 Å². The van der Waals surface area contributed by atoms with Gasteiger partial charge in [0, 0.05) is 12.1 Å². The highest BCUT2D eigenvalue weighted by Gasteiger charge is 2.22. The molecule has 0 saturated heterocycles. The minimum absolute atomic E-state index is 0.146. The van der Waals surface area contributed by atoms with Crippen molar-refractivity contribution in [2.45, 2.75) is 32.9 Å². The third-order valence-corrected chi connectivity index (χ3v) is 2.85. The number of esters is 2. The van der Waals surface area contributed by atoms with Crippen LogP contribution in [-0.4, -0.2) is 32.2 Å². The van der Waals surface area contributed by atoms with Crippen LogP contribution in [0.15, 0.2) is 16.7 Å². The average Bonchev–Trinajstić information content (AvgIpc) is 2.89. The molecule has 1 atom stereocenters. The molecule has 0 aliphatic carbocycles. The Balaban J connectivity index is 2.70. The second kappa shape index (κ2) is 7.69. The number of furan rings is 1. The van der Waals surface area contributed by atoms with Crippen LogP contribution in [-0.2, 0) is 20.8 Å². The normalized spacial score (nSPS) is 12.2. The van der Waals surface area contributed by atoms with Crippen molar-refractivity contribution in [3.63, 3.8) is 0 Å². The Kier molecular flexibility index (Phi) is 6.24. The van der Waals surface area contributed by atoms with Crippen LogP contribution >= 0.6 is 0 Å². The SMILES string of the molecule is COC(=O)c1occc1CNC(CC(C)C)C(=O)OC. The van der Waals surface area contributed by atoms with Crippen molar-refractivity contribution in [1.82, 2.24) is 5.32 Å². The third kappa shape index (κ3) is 4.38. The zero-order chi connectivity index (χ0) is 15.1. The number of rotatable bonds is 7. The van der Waals surface area contributed by atoms with E-state index >= 15 is 0 Å². The zero-order valence-corrected chi connectivity index (χ0v) is 12.3. The molecule has 1 aromatic rings. The minimum Gasteiger partial charge on any atom is -0.468 e. The monoisotopic (exact) mass is 283 g/mol. The van der Waals surface area contributed by atoms with Crippen LogP contribution in [0, 0.1) is 5.92 Å². The van der Waals surface area contributed by atoms with Gasteiger partial charge in [0.25, 0.3) is 0 Å². The number of nitrogens with one attached hydrogen (secondary N) is 1. The first-order valence-electron chi connectivity index (χ1n) is 6.45. The molecular formula is C14H21NO5. The van der Waals surface area contributed by atoms with Gasteiger partial charge in [-0.15, -0.1) is 0 Å². The molecule has 6 nitrogen and oxygen atoms in total. The summed E-state index contributed by atoms with van der Waals surface area (Å²) in [6, 6.07) is 1.25. The van der Waals surface area contributed by atoms with Crippen molar-refractivity contribution in [1.29, 1.82) is 0 Å². The summed E-state index contributed by atoms with van der Waals surface area (Å²) in [5.41, 5.74) is 0.648. The van der Waals surface area contributed by atoms with E-state index in [1.54, 1.807) is 6.07 Å². The molecule has 0 aliphatic rings. The fourth-order valence-corrected chi connectivity index (χ4v) is 1.86. The first-order valence-corrected chi connectivity index (χ1v) is 6.45. The van der Waals surface area contributed by atoms with Crippen LogP contribution in [0.5, 0.6) is 0 Å². The molecule has 0 aromatic carbocycles. The van der Waals surface area contributed by atoms with Crippen LogP contribution in [0.3, 0.4) is 0 Å². The second-order valence-electron chi connectivity index (χ2n) is 4.85. The number of carbonyl (C=O) groups is 2. The number of ether oxygens (including phenoxy) is 2. The molecule has 0 aliphatic heterocycles. The van der Waals surface area contributed by atoms with E-state index in [0.29, 0.717) is 24.4 Å². The van der Waals surface area contributed by atoms with Gasteiger partial charge in [0.1, 0.15) is 6.04 Å². The van der Waals surface area contributed by atoms with Crippen LogP contribution in [0.2, 0.25) is 0 Å². The molecule has 1 N–H and O–H groups in total. The van der Waals surface area contributed by atoms with Crippen LogP contribution in [0.1, 0.15) is 36.4 Å². The van der Waals surface area contributed by atoms with Crippen LogP contribution in [0.25, 0.3) is 0 Å². The van der Waals surface area contributed by atoms with Gasteiger partial charge in [-0.25, -0.2) is 4.79 Å². The zero-order valence-electron chi connectivity index (χ0n) is 12.3. The fraction of sp³-hybridized carbons (Fsp3) is 0.571. The Morgan fingerprint density at radius 2 is 2.00 bits per heavy atom. The Morgan fingerprint density at radius 1 is 1.30 bits per heavy atom. The molecule has 0 bridgehead atoms. The molecule has 6 heteroatoms. The largest absolute Gasteiger partial charge is 0.468 e. The molecule has 0 radical (unpaired) electrons. The maximum Gasteiger partial charge on any atom is 0.374 e. The Bertz CT molecular complexity index is 452. The van der Waals surface area contributed by atoms with Crippen molar-refractivity contribution in [2.24, 2.45) is 5.92 Å². The maximum absolute atomic E-state index is 11.7. The van der Waals surface area contributed by atoms with E-state index in [0.717, 1.165) is 0 Å². The smallest absolute Gasteiger partial charge is 0.374 e. The average molecular weight is 283 g/mol. The number of hydrogen-bond acceptors (Lipinski definition) is 6. The third-order valence-electron chi connectivity index (χ3n) is 2.85. The Labute approximate surface area is 118 Å². The molecule has 1 rings (SSSR count). The predicted molar refractivity (Wildman–Crippen MR) is 72.1 cm³/mol. The van der Waals surface area contributed by atoms with E-state index in [1.807, 2.05) is 13.8 Å². The lowest BCUT2D eigenvalue weighted by molar-refractivity contribution is -0.143. The summed E-state index contributed by atoms with van der Waals surface area (Å²) in [5.74, 6) is -0.365. The summed E-state index contributed by atoms with van der Waals surface area (Å²) in [4.78, 5) is 23.2. The molecule has 1 heterocycles. The highest BCUT2D eigenvalue weighted by Crippen LogP contribution is 2.13. The summed E-state index contributed by atoms with van der Waals surface area (Å²) in [6.45, 7) is 4.37. The van der Waals surface area contributed by atoms with E-state index in [9.17, 15) is 9.59 Å². The molecule has 1 aromatic heterocycles. The van der Waals surface area contributed by atoms with Gasteiger partial charge in [-0.2, -0.15) is 0 Å². The highest BCUT2D eigenvalue weighted by atomic mass is 16.5. The maximum atomic E-state index is 11.7. The van der Waals surface area contributed by atoms with Gasteiger partial charge in [0.05, 0.1) is 20.5 Å². The Morgan fingerprint density at radius 3 is 2.55 bits per heavy atom. The first-order chi connectivity index (χ1) is 9.49. The van der Waals surface area contributed by atoms with Crippen molar-refractivity contribution in [2.75, 3.05) is 14.2 Å². The summed E-state index contributed by atoms with van der Waals surface area (Å²) >= 11 is 0. The van der Waals surface area contributed by atoms with Crippen molar-refractivity contribution in [3.8, 4) is 0 Å². The topological polar surface area (TPSA) is 77.8 Å². The van der Waals surface area contributed by atoms with Crippen LogP contribution in [0.4, 0.5) is 0 Å². The lowest BCUT2D eigenvalue weighted by atomic mass is 10.0. The van der Waals surface area contributed by atoms with Gasteiger partial charge < -0.3 is 19.2 Å². The Hall–Kier alpha value is -1.82.